The molecule has 5 saturated carbocycles. The summed E-state index contributed by atoms with van der Waals surface area (Å²) in [5.74, 6) is 1.53. The summed E-state index contributed by atoms with van der Waals surface area (Å²) < 4.78 is 19.7. The number of pyridine rings is 1. The molecular formula is C41H62N2O7. The fourth-order valence-corrected chi connectivity index (χ4v) is 14.1. The van der Waals surface area contributed by atoms with Crippen molar-refractivity contribution >= 4 is 5.91 Å². The number of fused-ring (bicyclic) bond motifs is 4. The van der Waals surface area contributed by atoms with Gasteiger partial charge in [0, 0.05) is 23.9 Å². The van der Waals surface area contributed by atoms with E-state index in [2.05, 4.69) is 39.6 Å². The summed E-state index contributed by atoms with van der Waals surface area (Å²) in [6.07, 6.45) is 7.83. The molecule has 5 aliphatic carbocycles. The van der Waals surface area contributed by atoms with Gasteiger partial charge in [0.15, 0.2) is 6.29 Å². The topological polar surface area (TPSA) is 122 Å². The maximum Gasteiger partial charge on any atom is 0.228 e. The van der Waals surface area contributed by atoms with Crippen molar-refractivity contribution in [3.63, 3.8) is 0 Å². The smallest absolute Gasteiger partial charge is 0.228 e. The summed E-state index contributed by atoms with van der Waals surface area (Å²) in [5.41, 5.74) is -0.366. The molecular weight excluding hydrogens is 632 g/mol. The van der Waals surface area contributed by atoms with Crippen molar-refractivity contribution in [2.24, 2.45) is 50.7 Å². The lowest BCUT2D eigenvalue weighted by Gasteiger charge is -2.64. The van der Waals surface area contributed by atoms with Gasteiger partial charge in [-0.15, -0.1) is 0 Å². The molecule has 2 aliphatic heterocycles. The Bertz CT molecular complexity index is 1470. The van der Waals surface area contributed by atoms with E-state index < -0.39 is 30.2 Å². The Morgan fingerprint density at radius 1 is 1.10 bits per heavy atom. The third-order valence-electron chi connectivity index (χ3n) is 16.6. The lowest BCUT2D eigenvalue weighted by molar-refractivity contribution is -0.248. The average molecular weight is 695 g/mol. The summed E-state index contributed by atoms with van der Waals surface area (Å²) in [4.78, 5) is 19.4. The van der Waals surface area contributed by atoms with E-state index >= 15 is 0 Å². The molecule has 2 spiro atoms. The summed E-state index contributed by atoms with van der Waals surface area (Å²) in [6.45, 7) is 16.7. The number of aliphatic hydroxyl groups excluding tert-OH is 2. The van der Waals surface area contributed by atoms with Crippen LogP contribution in [0.5, 0.6) is 0 Å². The average Bonchev–Trinajstić information content (AvgIpc) is 3.70. The molecule has 9 heteroatoms. The van der Waals surface area contributed by atoms with Crippen molar-refractivity contribution < 1.29 is 34.3 Å². The second-order valence-electron chi connectivity index (χ2n) is 19.4. The van der Waals surface area contributed by atoms with Gasteiger partial charge in [0.2, 0.25) is 5.91 Å². The van der Waals surface area contributed by atoms with Crippen LogP contribution in [0, 0.1) is 50.7 Å². The normalized spacial score (nSPS) is 48.4. The van der Waals surface area contributed by atoms with Crippen molar-refractivity contribution in [1.29, 1.82) is 0 Å². The minimum Gasteiger partial charge on any atom is -0.390 e. The number of aromatic nitrogens is 1. The SMILES string of the molecule is C[C@@H]1C[C@H]([C@H](O)C(C)(C)O)O[C@H]2C1[C@@]1(C)CC[C@@]34CC35CCC(OC3CN(C(=O)Cc6ccccn6)CCO3)C(C)(C)[C@@H]5CC[C@H]4[C@]1(C)[C@H]2O. The molecule has 3 N–H and O–H groups in total. The fraction of sp³-hybridized carbons (Fsp3) is 0.854. The summed E-state index contributed by atoms with van der Waals surface area (Å²) in [5, 5.41) is 34.2. The third kappa shape index (κ3) is 4.85. The molecule has 4 unspecified atom stereocenters. The van der Waals surface area contributed by atoms with Gasteiger partial charge >= 0.3 is 0 Å². The molecule has 8 rings (SSSR count). The Morgan fingerprint density at radius 2 is 1.84 bits per heavy atom. The fourth-order valence-electron chi connectivity index (χ4n) is 14.1. The first-order valence-corrected chi connectivity index (χ1v) is 19.7. The zero-order chi connectivity index (χ0) is 35.6. The molecule has 1 aromatic rings. The highest BCUT2D eigenvalue weighted by molar-refractivity contribution is 5.78. The van der Waals surface area contributed by atoms with Gasteiger partial charge in [-0.1, -0.05) is 40.7 Å². The molecule has 3 heterocycles. The van der Waals surface area contributed by atoms with Crippen LogP contribution in [0.4, 0.5) is 0 Å². The van der Waals surface area contributed by atoms with Crippen LogP contribution in [0.1, 0.15) is 106 Å². The highest BCUT2D eigenvalue weighted by Gasteiger charge is 2.84. The lowest BCUT2D eigenvalue weighted by Crippen LogP contribution is -2.60. The van der Waals surface area contributed by atoms with Crippen LogP contribution in [0.2, 0.25) is 0 Å². The minimum atomic E-state index is -1.26. The van der Waals surface area contributed by atoms with Crippen LogP contribution in [0.25, 0.3) is 0 Å². The zero-order valence-electron chi connectivity index (χ0n) is 31.4. The van der Waals surface area contributed by atoms with E-state index in [1.807, 2.05) is 23.1 Å². The number of hydrogen-bond acceptors (Lipinski definition) is 8. The molecule has 1 aromatic heterocycles. The van der Waals surface area contributed by atoms with Gasteiger partial charge in [0.1, 0.15) is 6.10 Å². The molecule has 7 fully saturated rings. The monoisotopic (exact) mass is 694 g/mol. The summed E-state index contributed by atoms with van der Waals surface area (Å²) in [6, 6.07) is 5.68. The van der Waals surface area contributed by atoms with E-state index in [0.717, 1.165) is 37.8 Å². The van der Waals surface area contributed by atoms with Gasteiger partial charge < -0.3 is 34.4 Å². The number of amides is 1. The van der Waals surface area contributed by atoms with E-state index in [1.54, 1.807) is 20.0 Å². The van der Waals surface area contributed by atoms with Gasteiger partial charge in [-0.05, 0) is 123 Å². The zero-order valence-corrected chi connectivity index (χ0v) is 31.4. The van der Waals surface area contributed by atoms with E-state index in [-0.39, 0.29) is 57.0 Å². The molecule has 50 heavy (non-hydrogen) atoms. The third-order valence-corrected chi connectivity index (χ3v) is 16.6. The minimum absolute atomic E-state index is 0.0433. The maximum absolute atomic E-state index is 13.2. The van der Waals surface area contributed by atoms with Gasteiger partial charge in [-0.2, -0.15) is 0 Å². The second kappa shape index (κ2) is 11.7. The van der Waals surface area contributed by atoms with Crippen LogP contribution >= 0.6 is 0 Å². The number of hydrogen-bond donors (Lipinski definition) is 3. The Kier molecular flexibility index (Phi) is 8.28. The molecule has 2 saturated heterocycles. The Balaban J connectivity index is 0.985. The highest BCUT2D eigenvalue weighted by atomic mass is 16.7. The van der Waals surface area contributed by atoms with Crippen LogP contribution in [0.15, 0.2) is 24.4 Å². The number of aliphatic hydroxyl groups is 3. The van der Waals surface area contributed by atoms with Crippen LogP contribution in [0.3, 0.4) is 0 Å². The van der Waals surface area contributed by atoms with Gasteiger partial charge in [0.05, 0.1) is 49.6 Å². The van der Waals surface area contributed by atoms with Crippen LogP contribution in [-0.4, -0.2) is 93.2 Å². The van der Waals surface area contributed by atoms with E-state index in [9.17, 15) is 20.1 Å². The predicted molar refractivity (Wildman–Crippen MR) is 188 cm³/mol. The number of nitrogens with zero attached hydrogens (tertiary/aromatic N) is 2. The molecule has 0 aromatic carbocycles. The largest absolute Gasteiger partial charge is 0.390 e. The van der Waals surface area contributed by atoms with Gasteiger partial charge in [-0.25, -0.2) is 0 Å². The lowest BCUT2D eigenvalue weighted by atomic mass is 9.41. The van der Waals surface area contributed by atoms with Crippen LogP contribution in [-0.2, 0) is 25.4 Å². The maximum atomic E-state index is 13.2. The molecule has 278 valence electrons. The molecule has 0 bridgehead atoms. The van der Waals surface area contributed by atoms with Crippen LogP contribution < -0.4 is 0 Å². The van der Waals surface area contributed by atoms with Crippen molar-refractivity contribution in [3.8, 4) is 0 Å². The highest BCUT2D eigenvalue weighted by Crippen LogP contribution is 2.89. The molecule has 9 nitrogen and oxygen atoms in total. The molecule has 7 aliphatic rings. The number of morpholine rings is 1. The number of carbonyl (C=O) groups is 1. The first-order valence-electron chi connectivity index (χ1n) is 19.7. The quantitative estimate of drug-likeness (QED) is 0.375. The Hall–Kier alpha value is -1.62. The second-order valence-corrected chi connectivity index (χ2v) is 19.4. The first-order chi connectivity index (χ1) is 23.5. The van der Waals surface area contributed by atoms with Crippen molar-refractivity contribution in [2.75, 3.05) is 19.7 Å². The van der Waals surface area contributed by atoms with Crippen molar-refractivity contribution in [2.45, 2.75) is 149 Å². The van der Waals surface area contributed by atoms with Crippen molar-refractivity contribution in [1.82, 2.24) is 9.88 Å². The first kappa shape index (κ1) is 35.4. The van der Waals surface area contributed by atoms with E-state index in [4.69, 9.17) is 14.2 Å². The Morgan fingerprint density at radius 3 is 2.56 bits per heavy atom. The summed E-state index contributed by atoms with van der Waals surface area (Å²) in [7, 11) is 0. The number of carbonyl (C=O) groups excluding carboxylic acids is 1. The van der Waals surface area contributed by atoms with Crippen molar-refractivity contribution in [3.05, 3.63) is 30.1 Å². The van der Waals surface area contributed by atoms with Gasteiger partial charge in [0.25, 0.3) is 0 Å². The van der Waals surface area contributed by atoms with E-state index in [0.29, 0.717) is 44.4 Å². The standard InChI is InChI=1S/C41H62N2O7/c1-24-20-26(34(45)37(4,5)47)49-33-32(24)38(6)15-16-41-23-40(41)14-13-29(36(2,3)27(40)11-12-28(41)39(38,7)35(33)46)50-31-22-43(18-19-48-31)30(44)21-25-10-8-9-17-42-25/h8-10,17,24,26-29,31-35,45-47H,11-16,18-23H2,1-7H3/t24-,26-,27+,28+,29?,31?,32?,33+,34+,35+,38-,39-,40?,41+/m1/s1. The number of ether oxygens (including phenoxy) is 3. The Labute approximate surface area is 298 Å². The number of rotatable bonds is 6. The molecule has 0 radical (unpaired) electrons. The van der Waals surface area contributed by atoms with Gasteiger partial charge in [-0.3, -0.25) is 9.78 Å². The molecule has 1 amide bonds. The molecule has 14 atom stereocenters. The van der Waals surface area contributed by atoms with E-state index in [1.165, 1.54) is 12.8 Å². The predicted octanol–water partition coefficient (Wildman–Crippen LogP) is 5.14. The summed E-state index contributed by atoms with van der Waals surface area (Å²) >= 11 is 0.